The summed E-state index contributed by atoms with van der Waals surface area (Å²) in [6.45, 7) is 5.71. The molecule has 1 atom stereocenters. The highest BCUT2D eigenvalue weighted by atomic mass is 16.6. The zero-order valence-electron chi connectivity index (χ0n) is 18.5. The van der Waals surface area contributed by atoms with Crippen LogP contribution in [0.2, 0.25) is 0 Å². The Morgan fingerprint density at radius 3 is 2.69 bits per heavy atom. The zero-order chi connectivity index (χ0) is 22.5. The number of benzene rings is 2. The fraction of sp³-hybridized carbons (Fsp3) is 0.400. The van der Waals surface area contributed by atoms with Crippen LogP contribution in [0.3, 0.4) is 0 Å². The number of likely N-dealkylation sites (tertiary alicyclic amines) is 1. The van der Waals surface area contributed by atoms with Crippen molar-refractivity contribution in [2.24, 2.45) is 0 Å². The van der Waals surface area contributed by atoms with Crippen molar-refractivity contribution in [2.75, 3.05) is 26.2 Å². The largest absolute Gasteiger partial charge is 0.361 e. The summed E-state index contributed by atoms with van der Waals surface area (Å²) in [6, 6.07) is 12.8. The van der Waals surface area contributed by atoms with Crippen molar-refractivity contribution in [1.29, 1.82) is 0 Å². The number of nitrogens with one attached hydrogen (secondary N) is 2. The van der Waals surface area contributed by atoms with Crippen LogP contribution in [0.15, 0.2) is 48.7 Å². The molecule has 1 saturated heterocycles. The van der Waals surface area contributed by atoms with E-state index in [-0.39, 0.29) is 22.9 Å². The Bertz CT molecular complexity index is 1100. The molecule has 1 aromatic heterocycles. The number of carbonyl (C=O) groups excluding carboxylic acids is 1. The number of fused-ring (bicyclic) bond motifs is 1. The molecule has 0 bridgehead atoms. The van der Waals surface area contributed by atoms with Crippen LogP contribution in [0.4, 0.5) is 5.69 Å². The number of aromatic nitrogens is 1. The van der Waals surface area contributed by atoms with Crippen molar-refractivity contribution in [1.82, 2.24) is 15.2 Å². The summed E-state index contributed by atoms with van der Waals surface area (Å²) < 4.78 is 0. The second-order valence-corrected chi connectivity index (χ2v) is 8.41. The van der Waals surface area contributed by atoms with E-state index in [0.717, 1.165) is 42.5 Å². The third-order valence-electron chi connectivity index (χ3n) is 6.44. The minimum absolute atomic E-state index is 0.0448. The van der Waals surface area contributed by atoms with E-state index < -0.39 is 5.92 Å². The number of nitro groups is 1. The van der Waals surface area contributed by atoms with Gasteiger partial charge in [-0.2, -0.15) is 0 Å². The van der Waals surface area contributed by atoms with Crippen LogP contribution in [0.5, 0.6) is 0 Å². The highest BCUT2D eigenvalue weighted by molar-refractivity contribution is 5.88. The third kappa shape index (κ3) is 4.67. The fourth-order valence-electron chi connectivity index (χ4n) is 4.77. The molecule has 1 aliphatic rings. The van der Waals surface area contributed by atoms with Gasteiger partial charge >= 0.3 is 0 Å². The molecule has 4 rings (SSSR count). The SMILES string of the molecule is CCc1cccc2c([C@@H](CC(=O)NCCN3CCCC3)c3ccccc3[N+](=O)[O-])c[nH]c12. The van der Waals surface area contributed by atoms with E-state index in [2.05, 4.69) is 28.2 Å². The number of hydrogen-bond acceptors (Lipinski definition) is 4. The van der Waals surface area contributed by atoms with Crippen molar-refractivity contribution < 1.29 is 9.72 Å². The molecule has 32 heavy (non-hydrogen) atoms. The number of carbonyl (C=O) groups is 1. The van der Waals surface area contributed by atoms with Gasteiger partial charge < -0.3 is 15.2 Å². The van der Waals surface area contributed by atoms with Crippen molar-refractivity contribution in [3.63, 3.8) is 0 Å². The van der Waals surface area contributed by atoms with Crippen molar-refractivity contribution in [3.05, 3.63) is 75.5 Å². The average molecular weight is 435 g/mol. The van der Waals surface area contributed by atoms with Gasteiger partial charge in [0.05, 0.1) is 4.92 Å². The Morgan fingerprint density at radius 2 is 1.94 bits per heavy atom. The number of aryl methyl sites for hydroxylation is 1. The molecular weight excluding hydrogens is 404 g/mol. The molecule has 1 amide bonds. The monoisotopic (exact) mass is 434 g/mol. The van der Waals surface area contributed by atoms with Gasteiger partial charge in [0, 0.05) is 54.2 Å². The summed E-state index contributed by atoms with van der Waals surface area (Å²) >= 11 is 0. The molecule has 2 aromatic carbocycles. The van der Waals surface area contributed by atoms with Crippen LogP contribution in [0, 0.1) is 10.1 Å². The minimum atomic E-state index is -0.413. The molecule has 2 N–H and O–H groups in total. The van der Waals surface area contributed by atoms with Crippen LogP contribution in [-0.4, -0.2) is 46.9 Å². The molecule has 3 aromatic rings. The van der Waals surface area contributed by atoms with Crippen molar-refractivity contribution in [2.45, 2.75) is 38.5 Å². The molecule has 0 saturated carbocycles. The maximum Gasteiger partial charge on any atom is 0.273 e. The van der Waals surface area contributed by atoms with E-state index in [1.807, 2.05) is 18.3 Å². The Labute approximate surface area is 188 Å². The second-order valence-electron chi connectivity index (χ2n) is 8.41. The molecule has 0 spiro atoms. The first kappa shape index (κ1) is 22.0. The maximum absolute atomic E-state index is 12.9. The molecule has 0 radical (unpaired) electrons. The molecule has 7 nitrogen and oxygen atoms in total. The van der Waals surface area contributed by atoms with E-state index in [9.17, 15) is 14.9 Å². The Morgan fingerprint density at radius 1 is 1.16 bits per heavy atom. The third-order valence-corrected chi connectivity index (χ3v) is 6.44. The van der Waals surface area contributed by atoms with Crippen LogP contribution < -0.4 is 5.32 Å². The van der Waals surface area contributed by atoms with Gasteiger partial charge in [-0.25, -0.2) is 0 Å². The lowest BCUT2D eigenvalue weighted by Crippen LogP contribution is -2.34. The van der Waals surface area contributed by atoms with E-state index in [0.29, 0.717) is 12.1 Å². The molecule has 1 fully saturated rings. The topological polar surface area (TPSA) is 91.3 Å². The number of H-pyrrole nitrogens is 1. The maximum atomic E-state index is 12.9. The van der Waals surface area contributed by atoms with Gasteiger partial charge in [-0.05, 0) is 43.5 Å². The predicted molar refractivity (Wildman–Crippen MR) is 126 cm³/mol. The van der Waals surface area contributed by atoms with Gasteiger partial charge in [-0.15, -0.1) is 0 Å². The van der Waals surface area contributed by atoms with E-state index >= 15 is 0 Å². The van der Waals surface area contributed by atoms with Gasteiger partial charge in [0.1, 0.15) is 0 Å². The quantitative estimate of drug-likeness (QED) is 0.386. The number of nitro benzene ring substituents is 1. The molecule has 7 heteroatoms. The summed E-state index contributed by atoms with van der Waals surface area (Å²) in [4.78, 5) is 30.0. The first-order chi connectivity index (χ1) is 15.6. The lowest BCUT2D eigenvalue weighted by atomic mass is 9.86. The van der Waals surface area contributed by atoms with E-state index in [1.54, 1.807) is 18.2 Å². The van der Waals surface area contributed by atoms with Gasteiger partial charge in [0.2, 0.25) is 5.91 Å². The molecular formula is C25H30N4O3. The molecule has 168 valence electrons. The van der Waals surface area contributed by atoms with Gasteiger partial charge in [-0.3, -0.25) is 14.9 Å². The number of aromatic amines is 1. The zero-order valence-corrected chi connectivity index (χ0v) is 18.5. The molecule has 1 aliphatic heterocycles. The normalized spacial score (nSPS) is 15.2. The first-order valence-corrected chi connectivity index (χ1v) is 11.4. The van der Waals surface area contributed by atoms with E-state index in [1.165, 1.54) is 24.5 Å². The number of hydrogen-bond donors (Lipinski definition) is 2. The lowest BCUT2D eigenvalue weighted by molar-refractivity contribution is -0.385. The summed E-state index contributed by atoms with van der Waals surface area (Å²) in [5, 5.41) is 15.8. The van der Waals surface area contributed by atoms with Crippen LogP contribution >= 0.6 is 0 Å². The van der Waals surface area contributed by atoms with Gasteiger partial charge in [0.25, 0.3) is 5.69 Å². The number of amides is 1. The fourth-order valence-corrected chi connectivity index (χ4v) is 4.77. The highest BCUT2D eigenvalue weighted by Gasteiger charge is 2.28. The standard InChI is InChI=1S/C25H30N4O3/c1-2-18-8-7-10-20-22(17-27-25(18)20)21(19-9-3-4-11-23(19)29(31)32)16-24(30)26-12-15-28-13-5-6-14-28/h3-4,7-11,17,21,27H,2,5-6,12-16H2,1H3,(H,26,30)/t21-/m0/s1. The number of nitrogens with zero attached hydrogens (tertiary/aromatic N) is 2. The summed E-state index contributed by atoms with van der Waals surface area (Å²) in [7, 11) is 0. The smallest absolute Gasteiger partial charge is 0.273 e. The molecule has 0 aliphatic carbocycles. The lowest BCUT2D eigenvalue weighted by Gasteiger charge is -2.19. The summed E-state index contributed by atoms with van der Waals surface area (Å²) in [5.74, 6) is -0.502. The van der Waals surface area contributed by atoms with Crippen LogP contribution in [0.1, 0.15) is 48.8 Å². The van der Waals surface area contributed by atoms with Crippen molar-refractivity contribution >= 4 is 22.5 Å². The number of rotatable bonds is 9. The predicted octanol–water partition coefficient (Wildman–Crippen LogP) is 4.37. The highest BCUT2D eigenvalue weighted by Crippen LogP contribution is 2.38. The molecule has 2 heterocycles. The Hall–Kier alpha value is -3.19. The van der Waals surface area contributed by atoms with Gasteiger partial charge in [0.15, 0.2) is 0 Å². The van der Waals surface area contributed by atoms with Crippen LogP contribution in [-0.2, 0) is 11.2 Å². The van der Waals surface area contributed by atoms with Gasteiger partial charge in [-0.1, -0.05) is 43.3 Å². The summed E-state index contributed by atoms with van der Waals surface area (Å²) in [5.41, 5.74) is 3.74. The average Bonchev–Trinajstić information content (AvgIpc) is 3.47. The first-order valence-electron chi connectivity index (χ1n) is 11.4. The van der Waals surface area contributed by atoms with Crippen LogP contribution in [0.25, 0.3) is 10.9 Å². The second kappa shape index (κ2) is 9.96. The van der Waals surface area contributed by atoms with E-state index in [4.69, 9.17) is 0 Å². The Balaban J connectivity index is 1.64. The number of para-hydroxylation sites is 2. The van der Waals surface area contributed by atoms with Crippen molar-refractivity contribution in [3.8, 4) is 0 Å². The summed E-state index contributed by atoms with van der Waals surface area (Å²) in [6.07, 6.45) is 5.38. The molecule has 0 unspecified atom stereocenters. The Kier molecular flexibility index (Phi) is 6.85. The minimum Gasteiger partial charge on any atom is -0.361 e.